The summed E-state index contributed by atoms with van der Waals surface area (Å²) in [6.07, 6.45) is 0.591. The van der Waals surface area contributed by atoms with Gasteiger partial charge in [-0.1, -0.05) is 15.9 Å². The van der Waals surface area contributed by atoms with E-state index in [-0.39, 0.29) is 16.9 Å². The molecule has 0 aliphatic carbocycles. The summed E-state index contributed by atoms with van der Waals surface area (Å²) in [7, 11) is 1.38. The van der Waals surface area contributed by atoms with Crippen LogP contribution in [0.4, 0.5) is 4.79 Å². The summed E-state index contributed by atoms with van der Waals surface area (Å²) >= 11 is 3.33. The van der Waals surface area contributed by atoms with Crippen LogP contribution in [0.2, 0.25) is 0 Å². The third-order valence-corrected chi connectivity index (χ3v) is 3.78. The minimum Gasteiger partial charge on any atom is -0.468 e. The number of carbonyl (C=O) groups is 2. The molecule has 122 valence electrons. The van der Waals surface area contributed by atoms with Crippen molar-refractivity contribution in [1.82, 2.24) is 9.80 Å². The number of methoxy groups -OCH3 is 1. The Kier molecular flexibility index (Phi) is 6.93. The van der Waals surface area contributed by atoms with E-state index in [1.807, 2.05) is 20.8 Å². The molecule has 1 unspecified atom stereocenters. The normalized spacial score (nSPS) is 18.8. The van der Waals surface area contributed by atoms with Crippen LogP contribution in [0.5, 0.6) is 0 Å². The van der Waals surface area contributed by atoms with Gasteiger partial charge in [-0.3, -0.25) is 9.69 Å². The van der Waals surface area contributed by atoms with Crippen LogP contribution in [0.15, 0.2) is 0 Å². The fraction of sp³-hybridized carbons (Fsp3) is 0.857. The van der Waals surface area contributed by atoms with Crippen LogP contribution in [0.1, 0.15) is 27.2 Å². The summed E-state index contributed by atoms with van der Waals surface area (Å²) in [6, 6.07) is 0. The lowest BCUT2D eigenvalue weighted by Gasteiger charge is -2.26. The van der Waals surface area contributed by atoms with Crippen molar-refractivity contribution in [2.45, 2.75) is 37.6 Å². The quantitative estimate of drug-likeness (QED) is 0.565. The minimum atomic E-state index is -0.477. The number of alkyl halides is 1. The van der Waals surface area contributed by atoms with Gasteiger partial charge in [0.05, 0.1) is 7.11 Å². The average molecular weight is 365 g/mol. The maximum atomic E-state index is 12.1. The lowest BCUT2D eigenvalue weighted by Crippen LogP contribution is -2.40. The molecule has 0 aromatic carbocycles. The van der Waals surface area contributed by atoms with Crippen LogP contribution in [-0.4, -0.2) is 72.1 Å². The second kappa shape index (κ2) is 7.98. The number of hydrogen-bond donors (Lipinski definition) is 0. The SMILES string of the molecule is COC(=O)C(Br)CN1CCCN(C(=O)OC(C)(C)C)CC1. The highest BCUT2D eigenvalue weighted by atomic mass is 79.9. The number of esters is 1. The zero-order valence-electron chi connectivity index (χ0n) is 13.2. The second-order valence-corrected chi connectivity index (χ2v) is 7.22. The van der Waals surface area contributed by atoms with E-state index in [9.17, 15) is 9.59 Å². The Hall–Kier alpha value is -0.820. The Morgan fingerprint density at radius 3 is 2.43 bits per heavy atom. The van der Waals surface area contributed by atoms with Gasteiger partial charge in [0, 0.05) is 26.2 Å². The summed E-state index contributed by atoms with van der Waals surface area (Å²) in [6.45, 7) is 9.01. The van der Waals surface area contributed by atoms with Crippen LogP contribution in [0, 0.1) is 0 Å². The summed E-state index contributed by atoms with van der Waals surface area (Å²) < 4.78 is 10.1. The van der Waals surface area contributed by atoms with E-state index < -0.39 is 5.60 Å². The summed E-state index contributed by atoms with van der Waals surface area (Å²) in [5, 5.41) is 0. The fourth-order valence-electron chi connectivity index (χ4n) is 2.09. The van der Waals surface area contributed by atoms with Gasteiger partial charge in [-0.15, -0.1) is 0 Å². The van der Waals surface area contributed by atoms with E-state index in [0.29, 0.717) is 19.6 Å². The van der Waals surface area contributed by atoms with Gasteiger partial charge in [-0.25, -0.2) is 4.79 Å². The van der Waals surface area contributed by atoms with Crippen molar-refractivity contribution in [2.24, 2.45) is 0 Å². The smallest absolute Gasteiger partial charge is 0.410 e. The Labute approximate surface area is 134 Å². The first kappa shape index (κ1) is 18.2. The van der Waals surface area contributed by atoms with E-state index in [4.69, 9.17) is 9.47 Å². The first-order valence-corrected chi connectivity index (χ1v) is 8.06. The van der Waals surface area contributed by atoms with E-state index in [1.54, 1.807) is 4.90 Å². The fourth-order valence-corrected chi connectivity index (χ4v) is 2.69. The third-order valence-electron chi connectivity index (χ3n) is 3.12. The average Bonchev–Trinajstić information content (AvgIpc) is 2.61. The first-order chi connectivity index (χ1) is 9.73. The predicted octanol–water partition coefficient (Wildman–Crippen LogP) is 1.87. The summed E-state index contributed by atoms with van der Waals surface area (Å²) in [4.78, 5) is 27.0. The van der Waals surface area contributed by atoms with Gasteiger partial charge in [-0.2, -0.15) is 0 Å². The molecule has 0 radical (unpaired) electrons. The molecule has 21 heavy (non-hydrogen) atoms. The first-order valence-electron chi connectivity index (χ1n) is 7.15. The van der Waals surface area contributed by atoms with Crippen LogP contribution < -0.4 is 0 Å². The number of hydrogen-bond acceptors (Lipinski definition) is 5. The Morgan fingerprint density at radius 1 is 1.19 bits per heavy atom. The Morgan fingerprint density at radius 2 is 1.86 bits per heavy atom. The molecule has 1 rings (SSSR count). The zero-order chi connectivity index (χ0) is 16.0. The molecule has 1 aliphatic heterocycles. The van der Waals surface area contributed by atoms with Crippen LogP contribution in [0.25, 0.3) is 0 Å². The zero-order valence-corrected chi connectivity index (χ0v) is 14.8. The van der Waals surface area contributed by atoms with Crippen molar-refractivity contribution < 1.29 is 19.1 Å². The standard InChI is InChI=1S/C14H25BrN2O4/c1-14(2,3)21-13(19)17-7-5-6-16(8-9-17)10-11(15)12(18)20-4/h11H,5-10H2,1-4H3. The highest BCUT2D eigenvalue weighted by Gasteiger charge is 2.26. The van der Waals surface area contributed by atoms with Gasteiger partial charge < -0.3 is 14.4 Å². The van der Waals surface area contributed by atoms with E-state index >= 15 is 0 Å². The van der Waals surface area contributed by atoms with Crippen molar-refractivity contribution in [2.75, 3.05) is 39.8 Å². The van der Waals surface area contributed by atoms with E-state index in [0.717, 1.165) is 19.5 Å². The molecule has 1 fully saturated rings. The van der Waals surface area contributed by atoms with Crippen LogP contribution >= 0.6 is 15.9 Å². The molecular weight excluding hydrogens is 340 g/mol. The number of nitrogens with zero attached hydrogens (tertiary/aromatic N) is 2. The number of ether oxygens (including phenoxy) is 2. The molecule has 1 saturated heterocycles. The molecule has 0 bridgehead atoms. The Bertz CT molecular complexity index is 370. The topological polar surface area (TPSA) is 59.1 Å². The van der Waals surface area contributed by atoms with Crippen molar-refractivity contribution in [1.29, 1.82) is 0 Å². The number of rotatable bonds is 3. The number of amides is 1. The molecule has 6 nitrogen and oxygen atoms in total. The lowest BCUT2D eigenvalue weighted by atomic mass is 10.2. The van der Waals surface area contributed by atoms with Gasteiger partial charge in [0.25, 0.3) is 0 Å². The highest BCUT2D eigenvalue weighted by molar-refractivity contribution is 9.10. The summed E-state index contributed by atoms with van der Waals surface area (Å²) in [5.41, 5.74) is -0.477. The second-order valence-electron chi connectivity index (χ2n) is 6.11. The van der Waals surface area contributed by atoms with Crippen LogP contribution in [-0.2, 0) is 14.3 Å². The van der Waals surface area contributed by atoms with Crippen molar-refractivity contribution >= 4 is 28.0 Å². The Balaban J connectivity index is 2.47. The summed E-state index contributed by atoms with van der Waals surface area (Å²) in [5.74, 6) is -0.275. The van der Waals surface area contributed by atoms with Gasteiger partial charge >= 0.3 is 12.1 Å². The molecule has 0 spiro atoms. The van der Waals surface area contributed by atoms with Crippen molar-refractivity contribution in [3.63, 3.8) is 0 Å². The number of halogens is 1. The molecule has 1 heterocycles. The lowest BCUT2D eigenvalue weighted by molar-refractivity contribution is -0.140. The van der Waals surface area contributed by atoms with E-state index in [2.05, 4.69) is 20.8 Å². The largest absolute Gasteiger partial charge is 0.468 e. The molecule has 0 aromatic heterocycles. The minimum absolute atomic E-state index is 0.271. The predicted molar refractivity (Wildman–Crippen MR) is 83.6 cm³/mol. The van der Waals surface area contributed by atoms with Crippen molar-refractivity contribution in [3.05, 3.63) is 0 Å². The molecule has 0 saturated carbocycles. The molecule has 0 aromatic rings. The van der Waals surface area contributed by atoms with Gasteiger partial charge in [0.2, 0.25) is 0 Å². The van der Waals surface area contributed by atoms with Crippen LogP contribution in [0.3, 0.4) is 0 Å². The molecule has 1 amide bonds. The molecule has 1 atom stereocenters. The third kappa shape index (κ3) is 6.65. The number of carbonyl (C=O) groups excluding carboxylic acids is 2. The molecular formula is C14H25BrN2O4. The monoisotopic (exact) mass is 364 g/mol. The van der Waals surface area contributed by atoms with Gasteiger partial charge in [0.15, 0.2) is 0 Å². The molecule has 0 N–H and O–H groups in total. The maximum Gasteiger partial charge on any atom is 0.410 e. The molecule has 1 aliphatic rings. The van der Waals surface area contributed by atoms with E-state index in [1.165, 1.54) is 7.11 Å². The van der Waals surface area contributed by atoms with Gasteiger partial charge in [0.1, 0.15) is 10.4 Å². The highest BCUT2D eigenvalue weighted by Crippen LogP contribution is 2.13. The maximum absolute atomic E-state index is 12.1. The van der Waals surface area contributed by atoms with Crippen molar-refractivity contribution in [3.8, 4) is 0 Å². The van der Waals surface area contributed by atoms with Gasteiger partial charge in [-0.05, 0) is 33.7 Å². The molecule has 7 heteroatoms.